The number of benzene rings is 2. The molecule has 6 rings (SSSR count). The highest BCUT2D eigenvalue weighted by Crippen LogP contribution is 2.34. The van der Waals surface area contributed by atoms with E-state index in [4.69, 9.17) is 24.5 Å². The van der Waals surface area contributed by atoms with E-state index in [-0.39, 0.29) is 0 Å². The topological polar surface area (TPSA) is 95.7 Å². The van der Waals surface area contributed by atoms with Crippen LogP contribution in [0.4, 0.5) is 0 Å². The fraction of sp³-hybridized carbons (Fsp3) is 0.371. The van der Waals surface area contributed by atoms with E-state index in [1.807, 2.05) is 59.2 Å². The van der Waals surface area contributed by atoms with Crippen molar-refractivity contribution in [2.24, 2.45) is 0 Å². The summed E-state index contributed by atoms with van der Waals surface area (Å²) in [6.45, 7) is 18.6. The number of para-hydroxylation sites is 2. The third kappa shape index (κ3) is 7.55. The average molecular weight is 652 g/mol. The summed E-state index contributed by atoms with van der Waals surface area (Å²) >= 11 is 0. The van der Waals surface area contributed by atoms with Gasteiger partial charge in [0.2, 0.25) is 0 Å². The Hall–Kier alpha value is -3.91. The number of H-pyrrole nitrogens is 1. The van der Waals surface area contributed by atoms with Gasteiger partial charge in [-0.25, -0.2) is 14.6 Å². The number of aromatic amines is 1. The lowest BCUT2D eigenvalue weighted by Gasteiger charge is -2.15. The second-order valence-corrected chi connectivity index (χ2v) is 25.8. The summed E-state index contributed by atoms with van der Waals surface area (Å²) in [7, 11) is -2.32. The maximum atomic E-state index is 6.14. The number of aromatic nitrogens is 7. The van der Waals surface area contributed by atoms with Crippen molar-refractivity contribution in [1.29, 1.82) is 0 Å². The van der Waals surface area contributed by atoms with Gasteiger partial charge < -0.3 is 19.0 Å². The average Bonchev–Trinajstić information content (AvgIpc) is 3.74. The SMILES string of the molecule is Cc1ncc(-c2cn(COCC[Si](C)(C)C)cn2)cc1-c1ccc2c(c1)c(-c1nc3ccccc3[nH]1)nn2COCC[Si](C)(C)C. The van der Waals surface area contributed by atoms with E-state index in [1.54, 1.807) is 0 Å². The van der Waals surface area contributed by atoms with Gasteiger partial charge in [-0.2, -0.15) is 5.10 Å². The minimum absolute atomic E-state index is 0.390. The van der Waals surface area contributed by atoms with Crippen molar-refractivity contribution in [3.05, 3.63) is 72.9 Å². The van der Waals surface area contributed by atoms with Crippen molar-refractivity contribution in [3.8, 4) is 33.9 Å². The van der Waals surface area contributed by atoms with Crippen LogP contribution < -0.4 is 0 Å². The van der Waals surface area contributed by atoms with E-state index in [0.717, 1.165) is 86.8 Å². The van der Waals surface area contributed by atoms with Crippen molar-refractivity contribution in [2.75, 3.05) is 13.2 Å². The third-order valence-corrected chi connectivity index (χ3v) is 11.5. The van der Waals surface area contributed by atoms with Crippen LogP contribution in [0.25, 0.3) is 55.8 Å². The van der Waals surface area contributed by atoms with E-state index in [0.29, 0.717) is 13.5 Å². The highest BCUT2D eigenvalue weighted by Gasteiger charge is 2.19. The number of nitrogens with one attached hydrogen (secondary N) is 1. The van der Waals surface area contributed by atoms with Crippen LogP contribution in [-0.2, 0) is 22.9 Å². The van der Waals surface area contributed by atoms with Crippen LogP contribution in [0, 0.1) is 6.92 Å². The highest BCUT2D eigenvalue weighted by molar-refractivity contribution is 6.76. The standard InChI is InChI=1S/C35H45N7O2Si2/c1-25-28(19-27(20-36-25)32-21-41(22-37-32)23-43-14-16-45(2,3)4)26-12-13-33-29(18-26)34(35-38-30-10-8-9-11-31(30)39-35)40-42(33)24-44-15-17-46(5,6)7/h8-13,18-22H,14-17,23-24H2,1-7H3,(H,38,39). The molecule has 46 heavy (non-hydrogen) atoms. The zero-order valence-electron chi connectivity index (χ0n) is 28.1. The minimum Gasteiger partial charge on any atom is -0.361 e. The van der Waals surface area contributed by atoms with Gasteiger partial charge in [0.1, 0.15) is 19.2 Å². The summed E-state index contributed by atoms with van der Waals surface area (Å²) in [6, 6.07) is 19.0. The second kappa shape index (κ2) is 13.1. The molecule has 0 spiro atoms. The number of nitrogens with zero attached hydrogens (tertiary/aromatic N) is 6. The first-order valence-corrected chi connectivity index (χ1v) is 23.5. The fourth-order valence-electron chi connectivity index (χ4n) is 5.31. The molecule has 0 aliphatic carbocycles. The predicted molar refractivity (Wildman–Crippen MR) is 192 cm³/mol. The Kier molecular flexibility index (Phi) is 9.11. The number of fused-ring (bicyclic) bond motifs is 2. The molecule has 0 fully saturated rings. The van der Waals surface area contributed by atoms with E-state index in [1.165, 1.54) is 0 Å². The van der Waals surface area contributed by atoms with Crippen LogP contribution >= 0.6 is 0 Å². The molecule has 4 aromatic heterocycles. The molecule has 0 unspecified atom stereocenters. The van der Waals surface area contributed by atoms with Crippen molar-refractivity contribution in [2.45, 2.75) is 71.8 Å². The first kappa shape index (κ1) is 32.1. The van der Waals surface area contributed by atoms with Crippen LogP contribution in [0.2, 0.25) is 51.4 Å². The zero-order valence-corrected chi connectivity index (χ0v) is 30.1. The van der Waals surface area contributed by atoms with Gasteiger partial charge in [0.25, 0.3) is 0 Å². The summed E-state index contributed by atoms with van der Waals surface area (Å²) in [5.74, 6) is 0.741. The summed E-state index contributed by atoms with van der Waals surface area (Å²) < 4.78 is 16.0. The molecule has 0 saturated carbocycles. The van der Waals surface area contributed by atoms with Gasteiger partial charge >= 0.3 is 0 Å². The molecule has 11 heteroatoms. The lowest BCUT2D eigenvalue weighted by atomic mass is 9.99. The largest absolute Gasteiger partial charge is 0.361 e. The quantitative estimate of drug-likeness (QED) is 0.0995. The lowest BCUT2D eigenvalue weighted by molar-refractivity contribution is 0.0818. The predicted octanol–water partition coefficient (Wildman–Crippen LogP) is 8.44. The summed E-state index contributed by atoms with van der Waals surface area (Å²) in [5.41, 5.74) is 8.59. The van der Waals surface area contributed by atoms with Crippen molar-refractivity contribution in [3.63, 3.8) is 0 Å². The van der Waals surface area contributed by atoms with E-state index in [2.05, 4.69) is 73.5 Å². The molecule has 2 aromatic carbocycles. The molecule has 0 bridgehead atoms. The third-order valence-electron chi connectivity index (χ3n) is 8.14. The Morgan fingerprint density at radius 2 is 1.57 bits per heavy atom. The lowest BCUT2D eigenvalue weighted by Crippen LogP contribution is -2.22. The van der Waals surface area contributed by atoms with Gasteiger partial charge in [-0.1, -0.05) is 57.5 Å². The number of ether oxygens (including phenoxy) is 2. The Bertz CT molecular complexity index is 1930. The van der Waals surface area contributed by atoms with E-state index in [9.17, 15) is 0 Å². The van der Waals surface area contributed by atoms with Crippen molar-refractivity contribution in [1.82, 2.24) is 34.3 Å². The van der Waals surface area contributed by atoms with Crippen LogP contribution in [0.3, 0.4) is 0 Å². The first-order chi connectivity index (χ1) is 21.9. The summed E-state index contributed by atoms with van der Waals surface area (Å²) in [5, 5.41) is 6.04. The molecule has 0 atom stereocenters. The fourth-order valence-corrected chi connectivity index (χ4v) is 6.82. The molecule has 0 saturated heterocycles. The number of imidazole rings is 2. The number of hydrogen-bond acceptors (Lipinski definition) is 6. The van der Waals surface area contributed by atoms with Crippen LogP contribution in [0.5, 0.6) is 0 Å². The Balaban J connectivity index is 1.31. The normalized spacial score (nSPS) is 12.5. The minimum atomic E-state index is -1.19. The number of hydrogen-bond donors (Lipinski definition) is 1. The van der Waals surface area contributed by atoms with Gasteiger partial charge in [0.05, 0.1) is 28.6 Å². The maximum Gasteiger partial charge on any atom is 0.159 e. The van der Waals surface area contributed by atoms with E-state index >= 15 is 0 Å². The molecule has 0 aliphatic rings. The second-order valence-electron chi connectivity index (χ2n) is 14.5. The van der Waals surface area contributed by atoms with Gasteiger partial charge in [-0.05, 0) is 54.9 Å². The molecule has 0 amide bonds. The molecule has 6 aromatic rings. The van der Waals surface area contributed by atoms with Crippen LogP contribution in [-0.4, -0.2) is 63.6 Å². The maximum absolute atomic E-state index is 6.14. The summed E-state index contributed by atoms with van der Waals surface area (Å²) in [6.07, 6.45) is 5.75. The molecular formula is C35H45N7O2Si2. The Morgan fingerprint density at radius 1 is 0.826 bits per heavy atom. The molecule has 240 valence electrons. The monoisotopic (exact) mass is 651 g/mol. The number of aryl methyl sites for hydroxylation is 1. The highest BCUT2D eigenvalue weighted by atomic mass is 28.3. The summed E-state index contributed by atoms with van der Waals surface area (Å²) in [4.78, 5) is 17.8. The molecule has 0 radical (unpaired) electrons. The number of rotatable bonds is 13. The molecule has 1 N–H and O–H groups in total. The van der Waals surface area contributed by atoms with Crippen LogP contribution in [0.15, 0.2) is 67.3 Å². The molecule has 4 heterocycles. The first-order valence-electron chi connectivity index (χ1n) is 16.0. The molecular weight excluding hydrogens is 607 g/mol. The van der Waals surface area contributed by atoms with Crippen molar-refractivity contribution >= 4 is 38.1 Å². The van der Waals surface area contributed by atoms with Gasteiger partial charge in [-0.15, -0.1) is 0 Å². The smallest absolute Gasteiger partial charge is 0.159 e. The zero-order chi connectivity index (χ0) is 32.5. The van der Waals surface area contributed by atoms with Crippen LogP contribution in [0.1, 0.15) is 5.69 Å². The Labute approximate surface area is 273 Å². The van der Waals surface area contributed by atoms with E-state index < -0.39 is 16.1 Å². The number of pyridine rings is 1. The van der Waals surface area contributed by atoms with Gasteiger partial charge in [0, 0.05) is 64.0 Å². The van der Waals surface area contributed by atoms with Crippen molar-refractivity contribution < 1.29 is 9.47 Å². The van der Waals surface area contributed by atoms with Gasteiger partial charge in [0.15, 0.2) is 5.82 Å². The van der Waals surface area contributed by atoms with Gasteiger partial charge in [-0.3, -0.25) is 4.98 Å². The molecule has 9 nitrogen and oxygen atoms in total. The molecule has 0 aliphatic heterocycles. The Morgan fingerprint density at radius 3 is 2.30 bits per heavy atom.